The number of likely N-dealkylation sites (tertiary alicyclic amines) is 1. The number of anilines is 1. The van der Waals surface area contributed by atoms with Crippen molar-refractivity contribution in [3.63, 3.8) is 0 Å². The standard InChI is InChI=1S/C13H13N5O6S2/c1-24-17-7(5-4-26-13(14)15-5)9(20)16-8-10(21)18(11(8)25)6(2-3-19)12(22)23/h2-4,8,11,25H,1H3,(H2,14,15)(H,16,20)(H,22,23)/b6-2?,17-7-/t8-,11-/m1/s1. The summed E-state index contributed by atoms with van der Waals surface area (Å²) in [5.41, 5.74) is 4.91. The van der Waals surface area contributed by atoms with Gasteiger partial charge in [-0.3, -0.25) is 19.3 Å². The zero-order valence-electron chi connectivity index (χ0n) is 13.1. The largest absolute Gasteiger partial charge is 0.477 e. The molecule has 1 saturated heterocycles. The fourth-order valence-corrected chi connectivity index (χ4v) is 3.08. The number of carboxylic acids is 1. The summed E-state index contributed by atoms with van der Waals surface area (Å²) in [5, 5.41) is 15.7. The van der Waals surface area contributed by atoms with E-state index in [0.29, 0.717) is 0 Å². The average Bonchev–Trinajstić information content (AvgIpc) is 3.02. The number of carboxylic acid groups (broad SMARTS) is 1. The highest BCUT2D eigenvalue weighted by Crippen LogP contribution is 2.28. The van der Waals surface area contributed by atoms with Crippen LogP contribution in [0.25, 0.3) is 0 Å². The van der Waals surface area contributed by atoms with Crippen molar-refractivity contribution in [1.82, 2.24) is 15.2 Å². The van der Waals surface area contributed by atoms with Crippen molar-refractivity contribution >= 4 is 58.9 Å². The van der Waals surface area contributed by atoms with Gasteiger partial charge < -0.3 is 21.0 Å². The highest BCUT2D eigenvalue weighted by atomic mass is 32.1. The number of nitrogens with two attached hydrogens (primary N) is 1. The molecule has 4 N–H and O–H groups in total. The third kappa shape index (κ3) is 3.67. The van der Waals surface area contributed by atoms with Crippen LogP contribution in [0, 0.1) is 0 Å². The number of β-lactam (4-membered cyclic amide) rings is 1. The number of oxime groups is 1. The van der Waals surface area contributed by atoms with E-state index >= 15 is 0 Å². The molecule has 11 nitrogen and oxygen atoms in total. The van der Waals surface area contributed by atoms with Crippen LogP contribution in [0.4, 0.5) is 5.13 Å². The molecule has 1 fully saturated rings. The second kappa shape index (κ2) is 7.97. The third-order valence-electron chi connectivity index (χ3n) is 3.22. The second-order valence-electron chi connectivity index (χ2n) is 4.76. The Hall–Kier alpha value is -2.93. The number of aldehydes is 1. The van der Waals surface area contributed by atoms with Gasteiger partial charge >= 0.3 is 5.97 Å². The average molecular weight is 399 g/mol. The van der Waals surface area contributed by atoms with Gasteiger partial charge in [-0.1, -0.05) is 5.16 Å². The van der Waals surface area contributed by atoms with Crippen molar-refractivity contribution in [2.75, 3.05) is 12.8 Å². The SMILES string of the molecule is CO/N=C(\C(=O)N[C@@H]1C(=O)N(C(=CC=O)C(=O)O)[C@@H]1S)c1csc(N)n1. The first-order chi connectivity index (χ1) is 12.3. The maximum atomic E-state index is 12.4. The molecule has 0 saturated carbocycles. The lowest BCUT2D eigenvalue weighted by atomic mass is 10.0. The molecule has 0 aromatic carbocycles. The molecule has 0 spiro atoms. The zero-order valence-corrected chi connectivity index (χ0v) is 14.9. The number of nitrogens with one attached hydrogen (secondary N) is 1. The Balaban J connectivity index is 2.16. The molecule has 2 atom stereocenters. The summed E-state index contributed by atoms with van der Waals surface area (Å²) in [5.74, 6) is -3.01. The van der Waals surface area contributed by atoms with E-state index in [1.807, 2.05) is 0 Å². The summed E-state index contributed by atoms with van der Waals surface area (Å²) in [6, 6.07) is -1.13. The Morgan fingerprint density at radius 3 is 2.73 bits per heavy atom. The Morgan fingerprint density at radius 2 is 2.27 bits per heavy atom. The zero-order chi connectivity index (χ0) is 19.4. The lowest BCUT2D eigenvalue weighted by Crippen LogP contribution is -2.69. The maximum Gasteiger partial charge on any atom is 0.352 e. The summed E-state index contributed by atoms with van der Waals surface area (Å²) in [6.07, 6.45) is 0.955. The predicted octanol–water partition coefficient (Wildman–Crippen LogP) is -1.17. The highest BCUT2D eigenvalue weighted by Gasteiger charge is 2.49. The first kappa shape index (κ1) is 19.4. The summed E-state index contributed by atoms with van der Waals surface area (Å²) < 4.78 is 0. The molecule has 13 heteroatoms. The second-order valence-corrected chi connectivity index (χ2v) is 6.18. The molecule has 138 valence electrons. The number of hydrogen-bond acceptors (Lipinski definition) is 10. The van der Waals surface area contributed by atoms with Gasteiger partial charge in [-0.25, -0.2) is 9.78 Å². The first-order valence-corrected chi connectivity index (χ1v) is 8.24. The Bertz CT molecular complexity index is 820. The number of nitrogens with zero attached hydrogens (tertiary/aromatic N) is 3. The molecule has 1 aliphatic heterocycles. The smallest absolute Gasteiger partial charge is 0.352 e. The molecule has 1 aromatic rings. The topological polar surface area (TPSA) is 164 Å². The van der Waals surface area contributed by atoms with E-state index in [9.17, 15) is 19.2 Å². The van der Waals surface area contributed by atoms with E-state index in [0.717, 1.165) is 22.3 Å². The lowest BCUT2D eigenvalue weighted by molar-refractivity contribution is -0.149. The molecule has 0 aliphatic carbocycles. The number of allylic oxidation sites excluding steroid dienone is 1. The fraction of sp³-hybridized carbons (Fsp3) is 0.231. The summed E-state index contributed by atoms with van der Waals surface area (Å²) in [6.45, 7) is 0. The minimum Gasteiger partial charge on any atom is -0.477 e. The van der Waals surface area contributed by atoms with Gasteiger partial charge in [0.05, 0.1) is 0 Å². The van der Waals surface area contributed by atoms with E-state index in [1.165, 1.54) is 12.5 Å². The number of aliphatic carboxylic acids is 1. The Kier molecular flexibility index (Phi) is 5.94. The van der Waals surface area contributed by atoms with Crippen molar-refractivity contribution in [3.8, 4) is 0 Å². The van der Waals surface area contributed by atoms with Crippen LogP contribution in [0.2, 0.25) is 0 Å². The van der Waals surface area contributed by atoms with Crippen LogP contribution in [0.3, 0.4) is 0 Å². The van der Waals surface area contributed by atoms with Gasteiger partial charge in [-0.2, -0.15) is 12.6 Å². The van der Waals surface area contributed by atoms with Gasteiger partial charge in [0.15, 0.2) is 10.8 Å². The molecule has 0 unspecified atom stereocenters. The van der Waals surface area contributed by atoms with Crippen LogP contribution < -0.4 is 11.1 Å². The van der Waals surface area contributed by atoms with Crippen LogP contribution >= 0.6 is 24.0 Å². The van der Waals surface area contributed by atoms with E-state index in [1.54, 1.807) is 0 Å². The van der Waals surface area contributed by atoms with Crippen molar-refractivity contribution in [3.05, 3.63) is 22.8 Å². The molecule has 1 aromatic heterocycles. The number of carbonyl (C=O) groups is 4. The Labute approximate surface area is 155 Å². The number of aromatic nitrogens is 1. The van der Waals surface area contributed by atoms with Gasteiger partial charge in [0, 0.05) is 11.5 Å². The van der Waals surface area contributed by atoms with Gasteiger partial charge in [0.25, 0.3) is 11.8 Å². The van der Waals surface area contributed by atoms with Gasteiger partial charge in [0.1, 0.15) is 36.2 Å². The number of amides is 2. The van der Waals surface area contributed by atoms with Crippen LogP contribution in [-0.2, 0) is 24.0 Å². The number of rotatable bonds is 7. The molecule has 2 rings (SSSR count). The van der Waals surface area contributed by atoms with Crippen LogP contribution in [0.1, 0.15) is 5.69 Å². The van der Waals surface area contributed by atoms with E-state index in [4.69, 9.17) is 10.8 Å². The summed E-state index contributed by atoms with van der Waals surface area (Å²) >= 11 is 5.20. The highest BCUT2D eigenvalue weighted by molar-refractivity contribution is 7.81. The van der Waals surface area contributed by atoms with E-state index < -0.39 is 34.9 Å². The fourth-order valence-electron chi connectivity index (χ4n) is 2.09. The number of hydrogen-bond donors (Lipinski definition) is 4. The third-order valence-corrected chi connectivity index (χ3v) is 4.42. The maximum absolute atomic E-state index is 12.4. The van der Waals surface area contributed by atoms with Crippen LogP contribution in [0.15, 0.2) is 22.3 Å². The summed E-state index contributed by atoms with van der Waals surface area (Å²) in [7, 11) is 1.23. The molecule has 0 radical (unpaired) electrons. The van der Waals surface area contributed by atoms with Crippen molar-refractivity contribution < 1.29 is 29.1 Å². The number of carbonyl (C=O) groups excluding carboxylic acids is 3. The van der Waals surface area contributed by atoms with Crippen LogP contribution in [-0.4, -0.2) is 63.3 Å². The molecular weight excluding hydrogens is 386 g/mol. The van der Waals surface area contributed by atoms with Crippen molar-refractivity contribution in [2.24, 2.45) is 5.16 Å². The van der Waals surface area contributed by atoms with Crippen molar-refractivity contribution in [1.29, 1.82) is 0 Å². The Morgan fingerprint density at radius 1 is 1.58 bits per heavy atom. The molecule has 0 bridgehead atoms. The van der Waals surface area contributed by atoms with Crippen LogP contribution in [0.5, 0.6) is 0 Å². The quantitative estimate of drug-likeness (QED) is 0.111. The minimum atomic E-state index is -1.48. The van der Waals surface area contributed by atoms with Crippen molar-refractivity contribution in [2.45, 2.75) is 11.4 Å². The molecule has 1 aliphatic rings. The van der Waals surface area contributed by atoms with Gasteiger partial charge in [-0.15, -0.1) is 11.3 Å². The monoisotopic (exact) mass is 399 g/mol. The van der Waals surface area contributed by atoms with Gasteiger partial charge in [0.2, 0.25) is 0 Å². The predicted molar refractivity (Wildman–Crippen MR) is 93.4 cm³/mol. The van der Waals surface area contributed by atoms with E-state index in [-0.39, 0.29) is 22.8 Å². The molecule has 2 amide bonds. The molecular formula is C13H13N5O6S2. The number of thiol groups is 1. The summed E-state index contributed by atoms with van der Waals surface area (Å²) in [4.78, 5) is 55.5. The number of nitrogen functional groups attached to an aromatic ring is 1. The first-order valence-electron chi connectivity index (χ1n) is 6.85. The van der Waals surface area contributed by atoms with Gasteiger partial charge in [-0.05, 0) is 0 Å². The van der Waals surface area contributed by atoms with E-state index in [2.05, 4.69) is 32.9 Å². The molecule has 26 heavy (non-hydrogen) atoms. The minimum absolute atomic E-state index is 0.151. The lowest BCUT2D eigenvalue weighted by Gasteiger charge is -2.44. The molecule has 2 heterocycles. The number of thiazole rings is 1. The normalized spacial score (nSPS) is 20.4.